The number of hydrogen-bond donors (Lipinski definition) is 0. The van der Waals surface area contributed by atoms with Crippen LogP contribution in [-0.4, -0.2) is 0 Å². The lowest BCUT2D eigenvalue weighted by Gasteiger charge is -2.28. The molecular formula is C40H28N2O. The molecule has 0 radical (unpaired) electrons. The Kier molecular flexibility index (Phi) is 6.12. The van der Waals surface area contributed by atoms with Crippen LogP contribution in [0, 0.1) is 0 Å². The topological polar surface area (TPSA) is 19.6 Å². The van der Waals surface area contributed by atoms with E-state index in [0.29, 0.717) is 0 Å². The van der Waals surface area contributed by atoms with Gasteiger partial charge in [-0.15, -0.1) is 0 Å². The zero-order valence-electron chi connectivity index (χ0n) is 23.5. The Morgan fingerprint density at radius 2 is 0.814 bits per heavy atom. The fourth-order valence-corrected chi connectivity index (χ4v) is 6.04. The van der Waals surface area contributed by atoms with Crippen molar-refractivity contribution in [3.05, 3.63) is 170 Å². The van der Waals surface area contributed by atoms with Crippen LogP contribution in [0.15, 0.2) is 174 Å². The maximum absolute atomic E-state index is 6.44. The highest BCUT2D eigenvalue weighted by atomic mass is 16.3. The quantitative estimate of drug-likeness (QED) is 0.205. The molecule has 1 aromatic heterocycles. The van der Waals surface area contributed by atoms with Gasteiger partial charge in [0.15, 0.2) is 0 Å². The first kappa shape index (κ1) is 25.0. The summed E-state index contributed by atoms with van der Waals surface area (Å²) in [6.45, 7) is 0. The number of nitrogens with zero attached hydrogens (tertiary/aromatic N) is 2. The molecule has 0 aliphatic rings. The van der Waals surface area contributed by atoms with Crippen LogP contribution in [0.1, 0.15) is 0 Å². The molecule has 0 atom stereocenters. The van der Waals surface area contributed by atoms with Crippen LogP contribution in [0.2, 0.25) is 0 Å². The Morgan fingerprint density at radius 3 is 1.40 bits per heavy atom. The number of furan rings is 1. The summed E-state index contributed by atoms with van der Waals surface area (Å²) >= 11 is 0. The lowest BCUT2D eigenvalue weighted by atomic mass is 10.0. The Labute approximate surface area is 250 Å². The molecule has 0 amide bonds. The van der Waals surface area contributed by atoms with E-state index < -0.39 is 0 Å². The van der Waals surface area contributed by atoms with Gasteiger partial charge in [0.25, 0.3) is 0 Å². The van der Waals surface area contributed by atoms with Gasteiger partial charge in [0.2, 0.25) is 0 Å². The van der Waals surface area contributed by atoms with E-state index in [1.54, 1.807) is 0 Å². The van der Waals surface area contributed by atoms with Crippen molar-refractivity contribution in [1.82, 2.24) is 0 Å². The third-order valence-corrected chi connectivity index (χ3v) is 7.99. The average Bonchev–Trinajstić information content (AvgIpc) is 3.44. The molecule has 0 bridgehead atoms. The van der Waals surface area contributed by atoms with Crippen molar-refractivity contribution in [1.29, 1.82) is 0 Å². The van der Waals surface area contributed by atoms with E-state index in [-0.39, 0.29) is 0 Å². The van der Waals surface area contributed by atoms with Gasteiger partial charge in [0, 0.05) is 33.8 Å². The first-order valence-electron chi connectivity index (χ1n) is 14.5. The summed E-state index contributed by atoms with van der Waals surface area (Å²) in [7, 11) is 0. The first-order chi connectivity index (χ1) is 21.3. The van der Waals surface area contributed by atoms with Crippen LogP contribution >= 0.6 is 0 Å². The zero-order valence-corrected chi connectivity index (χ0v) is 23.5. The fourth-order valence-electron chi connectivity index (χ4n) is 6.04. The lowest BCUT2D eigenvalue weighted by molar-refractivity contribution is 0.669. The second kappa shape index (κ2) is 10.6. The van der Waals surface area contributed by atoms with Gasteiger partial charge in [0.05, 0.1) is 11.1 Å². The van der Waals surface area contributed by atoms with Crippen LogP contribution in [0.3, 0.4) is 0 Å². The van der Waals surface area contributed by atoms with Crippen molar-refractivity contribution in [2.24, 2.45) is 0 Å². The molecule has 0 aliphatic carbocycles. The Balaban J connectivity index is 1.30. The summed E-state index contributed by atoms with van der Waals surface area (Å²) in [5.41, 5.74) is 8.32. The molecule has 0 aliphatic heterocycles. The van der Waals surface area contributed by atoms with Crippen LogP contribution in [0.25, 0.3) is 32.7 Å². The summed E-state index contributed by atoms with van der Waals surface area (Å²) in [4.78, 5) is 4.61. The van der Waals surface area contributed by atoms with Crippen molar-refractivity contribution in [3.63, 3.8) is 0 Å². The van der Waals surface area contributed by atoms with Crippen molar-refractivity contribution >= 4 is 66.8 Å². The van der Waals surface area contributed by atoms with E-state index in [1.165, 1.54) is 10.8 Å². The van der Waals surface area contributed by atoms with Gasteiger partial charge < -0.3 is 14.2 Å². The predicted octanol–water partition coefficient (Wildman–Crippen LogP) is 11.7. The number of benzene rings is 7. The van der Waals surface area contributed by atoms with Crippen LogP contribution in [0.4, 0.5) is 34.1 Å². The number of rotatable bonds is 6. The van der Waals surface area contributed by atoms with E-state index in [2.05, 4.69) is 180 Å². The lowest BCUT2D eigenvalue weighted by Crippen LogP contribution is -2.12. The standard InChI is InChI=1S/C40H28N2O/c1-4-15-31(16-5-1)41(32-17-6-2-7-18-32)34-23-25-35(26-24-34)42(33-19-8-3-9-20-33)37-21-12-22-38-40(37)36-27-29-13-10-11-14-30(29)28-39(36)43-38/h1-28H. The molecular weight excluding hydrogens is 524 g/mol. The second-order valence-electron chi connectivity index (χ2n) is 10.6. The Morgan fingerprint density at radius 1 is 0.349 bits per heavy atom. The van der Waals surface area contributed by atoms with Crippen molar-refractivity contribution in [3.8, 4) is 0 Å². The molecule has 3 heteroatoms. The van der Waals surface area contributed by atoms with Crippen LogP contribution < -0.4 is 9.80 Å². The second-order valence-corrected chi connectivity index (χ2v) is 10.6. The summed E-state index contributed by atoms with van der Waals surface area (Å²) in [5.74, 6) is 0. The highest BCUT2D eigenvalue weighted by Gasteiger charge is 2.20. The van der Waals surface area contributed by atoms with E-state index >= 15 is 0 Å². The minimum atomic E-state index is 0.875. The van der Waals surface area contributed by atoms with E-state index in [0.717, 1.165) is 56.1 Å². The maximum Gasteiger partial charge on any atom is 0.137 e. The number of para-hydroxylation sites is 3. The molecule has 8 aromatic rings. The third kappa shape index (κ3) is 4.48. The summed E-state index contributed by atoms with van der Waals surface area (Å²) < 4.78 is 6.44. The summed E-state index contributed by atoms with van der Waals surface area (Å²) in [6.07, 6.45) is 0. The molecule has 0 saturated carbocycles. The molecule has 0 saturated heterocycles. The van der Waals surface area contributed by atoms with Gasteiger partial charge in [0.1, 0.15) is 11.2 Å². The number of hydrogen-bond acceptors (Lipinski definition) is 3. The maximum atomic E-state index is 6.44. The molecule has 8 rings (SSSR count). The van der Waals surface area contributed by atoms with Gasteiger partial charge in [-0.1, -0.05) is 84.9 Å². The van der Waals surface area contributed by atoms with Crippen molar-refractivity contribution < 1.29 is 4.42 Å². The molecule has 3 nitrogen and oxygen atoms in total. The largest absolute Gasteiger partial charge is 0.456 e. The first-order valence-corrected chi connectivity index (χ1v) is 14.5. The van der Waals surface area contributed by atoms with Gasteiger partial charge >= 0.3 is 0 Å². The highest BCUT2D eigenvalue weighted by Crippen LogP contribution is 2.44. The number of anilines is 6. The number of fused-ring (bicyclic) bond motifs is 4. The fraction of sp³-hybridized carbons (Fsp3) is 0. The third-order valence-electron chi connectivity index (χ3n) is 7.99. The van der Waals surface area contributed by atoms with Crippen LogP contribution in [0.5, 0.6) is 0 Å². The van der Waals surface area contributed by atoms with Crippen LogP contribution in [-0.2, 0) is 0 Å². The van der Waals surface area contributed by atoms with Crippen molar-refractivity contribution in [2.75, 3.05) is 9.80 Å². The molecule has 0 N–H and O–H groups in total. The van der Waals surface area contributed by atoms with E-state index in [9.17, 15) is 0 Å². The van der Waals surface area contributed by atoms with Crippen molar-refractivity contribution in [2.45, 2.75) is 0 Å². The van der Waals surface area contributed by atoms with E-state index in [1.807, 2.05) is 0 Å². The SMILES string of the molecule is c1ccc(N(c2ccccc2)c2ccc(N(c3ccccc3)c3cccc4oc5cc6ccccc6cc5c34)cc2)cc1. The monoisotopic (exact) mass is 552 g/mol. The molecule has 1 heterocycles. The zero-order chi connectivity index (χ0) is 28.6. The van der Waals surface area contributed by atoms with Gasteiger partial charge in [-0.3, -0.25) is 0 Å². The predicted molar refractivity (Wildman–Crippen MR) is 181 cm³/mol. The summed E-state index contributed by atoms with van der Waals surface area (Å²) in [5, 5.41) is 4.59. The highest BCUT2D eigenvalue weighted by molar-refractivity contribution is 6.16. The Bertz CT molecular complexity index is 2130. The minimum absolute atomic E-state index is 0.875. The molecule has 0 fully saturated rings. The molecule has 0 unspecified atom stereocenters. The molecule has 7 aromatic carbocycles. The summed E-state index contributed by atoms with van der Waals surface area (Å²) in [6, 6.07) is 59.5. The normalized spacial score (nSPS) is 11.3. The average molecular weight is 553 g/mol. The van der Waals surface area contributed by atoms with Gasteiger partial charge in [-0.25, -0.2) is 0 Å². The van der Waals surface area contributed by atoms with E-state index in [4.69, 9.17) is 4.42 Å². The minimum Gasteiger partial charge on any atom is -0.456 e. The smallest absolute Gasteiger partial charge is 0.137 e. The molecule has 43 heavy (non-hydrogen) atoms. The molecule has 204 valence electrons. The van der Waals surface area contributed by atoms with Gasteiger partial charge in [-0.05, 0) is 95.7 Å². The Hall–Kier alpha value is -5.80. The molecule has 0 spiro atoms. The van der Waals surface area contributed by atoms with Gasteiger partial charge in [-0.2, -0.15) is 0 Å².